The molecule has 2 amide bonds. The number of hydrogen-bond acceptors (Lipinski definition) is 6. The Balaban J connectivity index is 2.53. The summed E-state index contributed by atoms with van der Waals surface area (Å²) in [4.78, 5) is 28.3. The number of amides is 2. The van der Waals surface area contributed by atoms with Crippen LogP contribution >= 0.6 is 11.6 Å². The molecule has 0 aliphatic heterocycles. The van der Waals surface area contributed by atoms with Gasteiger partial charge in [-0.1, -0.05) is 50.6 Å². The van der Waals surface area contributed by atoms with Gasteiger partial charge in [0.25, 0.3) is 0 Å². The molecule has 0 unspecified atom stereocenters. The number of nitrogens with zero attached hydrogens (tertiary/aromatic N) is 2. The number of carbonyl (C=O) groups is 2. The topological polar surface area (TPSA) is 105 Å². The molecule has 0 bridgehead atoms. The average Bonchev–Trinajstić information content (AvgIpc) is 2.85. The molecule has 1 N–H and O–H groups in total. The van der Waals surface area contributed by atoms with Gasteiger partial charge in [-0.3, -0.25) is 13.9 Å². The number of methoxy groups -OCH3 is 2. The molecule has 0 radical (unpaired) electrons. The average molecular weight is 554 g/mol. The summed E-state index contributed by atoms with van der Waals surface area (Å²) in [5.41, 5.74) is 0.783. The van der Waals surface area contributed by atoms with Gasteiger partial charge >= 0.3 is 0 Å². The second-order valence-electron chi connectivity index (χ2n) is 8.98. The van der Waals surface area contributed by atoms with Crippen molar-refractivity contribution < 1.29 is 27.5 Å². The molecule has 2 aromatic rings. The highest BCUT2D eigenvalue weighted by Gasteiger charge is 2.33. The van der Waals surface area contributed by atoms with Gasteiger partial charge < -0.3 is 19.7 Å². The van der Waals surface area contributed by atoms with Crippen LogP contribution in [0.3, 0.4) is 0 Å². The zero-order valence-corrected chi connectivity index (χ0v) is 23.7. The van der Waals surface area contributed by atoms with E-state index in [9.17, 15) is 18.0 Å². The van der Waals surface area contributed by atoms with Gasteiger partial charge in [-0.05, 0) is 36.1 Å². The maximum Gasteiger partial charge on any atom is 0.244 e. The minimum atomic E-state index is -3.94. The van der Waals surface area contributed by atoms with Gasteiger partial charge in [-0.2, -0.15) is 0 Å². The Labute approximate surface area is 224 Å². The lowest BCUT2D eigenvalue weighted by molar-refractivity contribution is -0.140. The van der Waals surface area contributed by atoms with E-state index in [-0.39, 0.29) is 29.8 Å². The SMILES string of the molecule is CC[C@H](C(=O)NCC(C)C)N(Cc1ccccc1Cl)C(=O)CN(c1cc(OC)ccc1OC)S(C)(=O)=O. The van der Waals surface area contributed by atoms with Crippen molar-refractivity contribution in [2.45, 2.75) is 39.8 Å². The minimum absolute atomic E-state index is 0.0267. The fourth-order valence-electron chi connectivity index (χ4n) is 3.74. The number of anilines is 1. The van der Waals surface area contributed by atoms with Crippen LogP contribution in [0.25, 0.3) is 0 Å². The van der Waals surface area contributed by atoms with E-state index in [0.29, 0.717) is 29.3 Å². The highest BCUT2D eigenvalue weighted by molar-refractivity contribution is 7.92. The Morgan fingerprint density at radius 2 is 1.76 bits per heavy atom. The molecule has 0 saturated heterocycles. The molecule has 0 saturated carbocycles. The van der Waals surface area contributed by atoms with Crippen LogP contribution in [0.1, 0.15) is 32.8 Å². The largest absolute Gasteiger partial charge is 0.497 e. The van der Waals surface area contributed by atoms with Crippen LogP contribution in [0.5, 0.6) is 11.5 Å². The van der Waals surface area contributed by atoms with Gasteiger partial charge in [0.2, 0.25) is 21.8 Å². The Morgan fingerprint density at radius 3 is 2.30 bits per heavy atom. The molecule has 204 valence electrons. The van der Waals surface area contributed by atoms with Crippen LogP contribution < -0.4 is 19.1 Å². The van der Waals surface area contributed by atoms with E-state index in [4.69, 9.17) is 21.1 Å². The normalized spacial score (nSPS) is 12.1. The van der Waals surface area contributed by atoms with Crippen molar-refractivity contribution in [1.82, 2.24) is 10.2 Å². The number of sulfonamides is 1. The number of benzene rings is 2. The summed E-state index contributed by atoms with van der Waals surface area (Å²) < 4.78 is 37.3. The van der Waals surface area contributed by atoms with Crippen LogP contribution in [0.4, 0.5) is 5.69 Å². The van der Waals surface area contributed by atoms with Gasteiger partial charge in [0.05, 0.1) is 26.2 Å². The van der Waals surface area contributed by atoms with E-state index in [0.717, 1.165) is 10.6 Å². The Kier molecular flexibility index (Phi) is 11.1. The summed E-state index contributed by atoms with van der Waals surface area (Å²) in [6.45, 7) is 5.66. The summed E-state index contributed by atoms with van der Waals surface area (Å²) in [6, 6.07) is 10.9. The van der Waals surface area contributed by atoms with Crippen molar-refractivity contribution in [2.24, 2.45) is 5.92 Å². The van der Waals surface area contributed by atoms with Gasteiger partial charge in [0.15, 0.2) is 0 Å². The third kappa shape index (κ3) is 8.26. The van der Waals surface area contributed by atoms with Crippen LogP contribution in [0.2, 0.25) is 5.02 Å². The second-order valence-corrected chi connectivity index (χ2v) is 11.3. The molecule has 0 heterocycles. The van der Waals surface area contributed by atoms with Gasteiger partial charge in [-0.15, -0.1) is 0 Å². The molecule has 0 aromatic heterocycles. The zero-order chi connectivity index (χ0) is 27.8. The van der Waals surface area contributed by atoms with Gasteiger partial charge in [0, 0.05) is 24.2 Å². The highest BCUT2D eigenvalue weighted by atomic mass is 35.5. The summed E-state index contributed by atoms with van der Waals surface area (Å²) in [6.07, 6.45) is 1.33. The van der Waals surface area contributed by atoms with Crippen LogP contribution in [-0.4, -0.2) is 64.7 Å². The Hall–Kier alpha value is -2.98. The molecule has 0 spiro atoms. The summed E-state index contributed by atoms with van der Waals surface area (Å²) >= 11 is 6.38. The van der Waals surface area contributed by atoms with E-state index in [1.807, 2.05) is 13.8 Å². The minimum Gasteiger partial charge on any atom is -0.497 e. The van der Waals surface area contributed by atoms with E-state index in [2.05, 4.69) is 5.32 Å². The van der Waals surface area contributed by atoms with Crippen molar-refractivity contribution in [3.63, 3.8) is 0 Å². The van der Waals surface area contributed by atoms with Crippen LogP contribution in [0, 0.1) is 5.92 Å². The molecule has 2 rings (SSSR count). The predicted molar refractivity (Wildman–Crippen MR) is 146 cm³/mol. The highest BCUT2D eigenvalue weighted by Crippen LogP contribution is 2.34. The molecule has 9 nitrogen and oxygen atoms in total. The number of halogens is 1. The van der Waals surface area contributed by atoms with Crippen molar-refractivity contribution in [3.8, 4) is 11.5 Å². The van der Waals surface area contributed by atoms with Crippen LogP contribution in [-0.2, 0) is 26.2 Å². The summed E-state index contributed by atoms with van der Waals surface area (Å²) in [5, 5.41) is 3.32. The number of rotatable bonds is 13. The van der Waals surface area contributed by atoms with Crippen molar-refractivity contribution in [2.75, 3.05) is 37.9 Å². The second kappa shape index (κ2) is 13.5. The molecule has 11 heteroatoms. The quantitative estimate of drug-likeness (QED) is 0.405. The molecule has 37 heavy (non-hydrogen) atoms. The lowest BCUT2D eigenvalue weighted by atomic mass is 10.1. The smallest absolute Gasteiger partial charge is 0.244 e. The molecule has 1 atom stereocenters. The Morgan fingerprint density at radius 1 is 1.08 bits per heavy atom. The number of hydrogen-bond donors (Lipinski definition) is 1. The molecule has 0 aliphatic carbocycles. The third-order valence-corrected chi connectivity index (χ3v) is 7.20. The standard InChI is InChI=1S/C26H36ClN3O6S/c1-7-22(26(32)28-15-18(2)3)29(16-19-10-8-9-11-21(19)27)25(31)17-30(37(6,33)34)23-14-20(35-4)12-13-24(23)36-5/h8-14,18,22H,7,15-17H2,1-6H3,(H,28,32)/t22-/m1/s1. The van der Waals surface area contributed by atoms with E-state index < -0.39 is 28.5 Å². The molecular formula is C26H36ClN3O6S. The number of ether oxygens (including phenoxy) is 2. The molecule has 2 aromatic carbocycles. The lowest BCUT2D eigenvalue weighted by Crippen LogP contribution is -2.52. The molecular weight excluding hydrogens is 518 g/mol. The van der Waals surface area contributed by atoms with Crippen molar-refractivity contribution in [3.05, 3.63) is 53.1 Å². The number of carbonyl (C=O) groups excluding carboxylic acids is 2. The predicted octanol–water partition coefficient (Wildman–Crippen LogP) is 3.70. The third-order valence-electron chi connectivity index (χ3n) is 5.70. The molecule has 0 aliphatic rings. The fourth-order valence-corrected chi connectivity index (χ4v) is 4.78. The first kappa shape index (κ1) is 30.2. The van der Waals surface area contributed by atoms with Gasteiger partial charge in [0.1, 0.15) is 24.1 Å². The summed E-state index contributed by atoms with van der Waals surface area (Å²) in [5.74, 6) is -0.0265. The summed E-state index contributed by atoms with van der Waals surface area (Å²) in [7, 11) is -1.08. The monoisotopic (exact) mass is 553 g/mol. The molecule has 0 fully saturated rings. The maximum atomic E-state index is 13.8. The van der Waals surface area contributed by atoms with E-state index >= 15 is 0 Å². The van der Waals surface area contributed by atoms with Gasteiger partial charge in [-0.25, -0.2) is 8.42 Å². The first-order valence-corrected chi connectivity index (χ1v) is 14.2. The van der Waals surface area contributed by atoms with E-state index in [1.54, 1.807) is 43.3 Å². The maximum absolute atomic E-state index is 13.8. The van der Waals surface area contributed by atoms with Crippen molar-refractivity contribution >= 4 is 39.1 Å². The number of nitrogens with one attached hydrogen (secondary N) is 1. The Bertz CT molecular complexity index is 1190. The van der Waals surface area contributed by atoms with Crippen molar-refractivity contribution in [1.29, 1.82) is 0 Å². The first-order valence-electron chi connectivity index (χ1n) is 11.9. The lowest BCUT2D eigenvalue weighted by Gasteiger charge is -2.33. The zero-order valence-electron chi connectivity index (χ0n) is 22.2. The first-order chi connectivity index (χ1) is 17.4. The van der Waals surface area contributed by atoms with Crippen LogP contribution in [0.15, 0.2) is 42.5 Å². The fraction of sp³-hybridized carbons (Fsp3) is 0.462. The van der Waals surface area contributed by atoms with E-state index in [1.165, 1.54) is 25.2 Å².